The Bertz CT molecular complexity index is 708. The number of nitrogens with one attached hydrogen (secondary N) is 1. The van der Waals surface area contributed by atoms with E-state index in [4.69, 9.17) is 14.2 Å². The highest BCUT2D eigenvalue weighted by molar-refractivity contribution is 5.95. The van der Waals surface area contributed by atoms with Gasteiger partial charge in [-0.2, -0.15) is 0 Å². The summed E-state index contributed by atoms with van der Waals surface area (Å²) in [5.41, 5.74) is 1.72. The van der Waals surface area contributed by atoms with Crippen LogP contribution in [0, 0.1) is 5.92 Å². The van der Waals surface area contributed by atoms with Gasteiger partial charge < -0.3 is 19.5 Å². The summed E-state index contributed by atoms with van der Waals surface area (Å²) in [6.45, 7) is 0. The molecule has 1 heterocycles. The van der Waals surface area contributed by atoms with Crippen molar-refractivity contribution in [2.24, 2.45) is 5.92 Å². The molecular weight excluding hydrogens is 308 g/mol. The third kappa shape index (κ3) is 3.13. The van der Waals surface area contributed by atoms with Crippen LogP contribution < -0.4 is 19.5 Å². The molecule has 6 nitrogen and oxygen atoms in total. The second-order valence-corrected chi connectivity index (χ2v) is 5.64. The molecule has 0 aliphatic heterocycles. The minimum atomic E-state index is -0.0620. The van der Waals surface area contributed by atoms with Gasteiger partial charge in [-0.05, 0) is 42.2 Å². The fraction of sp³-hybridized carbons (Fsp3) is 0.333. The Morgan fingerprint density at radius 1 is 1.17 bits per heavy atom. The molecule has 2 aromatic rings. The third-order valence-electron chi connectivity index (χ3n) is 4.17. The average molecular weight is 328 g/mol. The van der Waals surface area contributed by atoms with Crippen LogP contribution >= 0.6 is 0 Å². The van der Waals surface area contributed by atoms with E-state index in [-0.39, 0.29) is 17.7 Å². The summed E-state index contributed by atoms with van der Waals surface area (Å²) in [5.74, 6) is 1.85. The van der Waals surface area contributed by atoms with Gasteiger partial charge in [-0.25, -0.2) is 0 Å². The van der Waals surface area contributed by atoms with Crippen molar-refractivity contribution in [3.8, 4) is 17.2 Å². The molecule has 1 aliphatic carbocycles. The summed E-state index contributed by atoms with van der Waals surface area (Å²) >= 11 is 0. The Balaban J connectivity index is 1.76. The number of methoxy groups -OCH3 is 3. The van der Waals surface area contributed by atoms with Crippen molar-refractivity contribution in [2.45, 2.75) is 12.3 Å². The first-order valence-electron chi connectivity index (χ1n) is 7.68. The number of amides is 1. The minimum Gasteiger partial charge on any atom is -0.493 e. The summed E-state index contributed by atoms with van der Waals surface area (Å²) < 4.78 is 16.1. The van der Waals surface area contributed by atoms with Crippen molar-refractivity contribution in [1.29, 1.82) is 0 Å². The number of nitrogens with zero attached hydrogens (tertiary/aromatic N) is 1. The molecule has 0 unspecified atom stereocenters. The molecule has 1 fully saturated rings. The van der Waals surface area contributed by atoms with E-state index in [1.807, 2.05) is 18.2 Å². The zero-order valence-corrected chi connectivity index (χ0v) is 13.9. The first-order chi connectivity index (χ1) is 11.7. The Morgan fingerprint density at radius 2 is 1.88 bits per heavy atom. The molecule has 1 aliphatic rings. The number of carbonyl (C=O) groups is 1. The largest absolute Gasteiger partial charge is 0.493 e. The van der Waals surface area contributed by atoms with Gasteiger partial charge >= 0.3 is 0 Å². The van der Waals surface area contributed by atoms with Gasteiger partial charge in [0.2, 0.25) is 11.7 Å². The van der Waals surface area contributed by atoms with Crippen LogP contribution in [0.25, 0.3) is 0 Å². The van der Waals surface area contributed by atoms with Crippen LogP contribution in [0.1, 0.15) is 17.9 Å². The molecule has 0 spiro atoms. The third-order valence-corrected chi connectivity index (χ3v) is 4.17. The number of anilines is 1. The first kappa shape index (κ1) is 16.1. The van der Waals surface area contributed by atoms with Gasteiger partial charge in [-0.1, -0.05) is 0 Å². The molecule has 1 N–H and O–H groups in total. The first-order valence-corrected chi connectivity index (χ1v) is 7.68. The number of carbonyl (C=O) groups excluding carboxylic acids is 1. The zero-order chi connectivity index (χ0) is 17.1. The van der Waals surface area contributed by atoms with Gasteiger partial charge in [-0.3, -0.25) is 9.78 Å². The molecule has 0 saturated heterocycles. The van der Waals surface area contributed by atoms with Crippen LogP contribution in [-0.2, 0) is 4.79 Å². The van der Waals surface area contributed by atoms with E-state index in [1.165, 1.54) is 0 Å². The molecule has 1 saturated carbocycles. The van der Waals surface area contributed by atoms with Gasteiger partial charge in [0.1, 0.15) is 0 Å². The number of benzene rings is 1. The Labute approximate surface area is 140 Å². The van der Waals surface area contributed by atoms with E-state index >= 15 is 0 Å². The second-order valence-electron chi connectivity index (χ2n) is 5.64. The number of aromatic nitrogens is 1. The number of rotatable bonds is 6. The van der Waals surface area contributed by atoms with Crippen molar-refractivity contribution >= 4 is 11.6 Å². The molecule has 0 bridgehead atoms. The van der Waals surface area contributed by atoms with Gasteiger partial charge in [0, 0.05) is 12.1 Å². The summed E-state index contributed by atoms with van der Waals surface area (Å²) in [6, 6.07) is 7.42. The predicted octanol–water partition coefficient (Wildman–Crippen LogP) is 2.85. The van der Waals surface area contributed by atoms with Crippen molar-refractivity contribution in [3.05, 3.63) is 42.2 Å². The molecule has 1 amide bonds. The highest BCUT2D eigenvalue weighted by Gasteiger charge is 2.44. The normalized spacial score (nSPS) is 18.6. The standard InChI is InChI=1S/C18H20N2O4/c1-22-15-7-11(8-16(23-2)17(15)24-3)13-9-14(13)18(21)20-12-5-4-6-19-10-12/h4-8,10,13-14H,9H2,1-3H3,(H,20,21)/t13-,14-/m1/s1. The van der Waals surface area contributed by atoms with Crippen LogP contribution in [0.4, 0.5) is 5.69 Å². The Hall–Kier alpha value is -2.76. The maximum absolute atomic E-state index is 12.4. The quantitative estimate of drug-likeness (QED) is 0.883. The zero-order valence-electron chi connectivity index (χ0n) is 13.9. The fourth-order valence-electron chi connectivity index (χ4n) is 2.84. The monoisotopic (exact) mass is 328 g/mol. The van der Waals surface area contributed by atoms with Crippen LogP contribution in [0.3, 0.4) is 0 Å². The predicted molar refractivity (Wildman–Crippen MR) is 89.8 cm³/mol. The van der Waals surface area contributed by atoms with Gasteiger partial charge in [0.05, 0.1) is 33.2 Å². The molecule has 1 aromatic carbocycles. The molecule has 24 heavy (non-hydrogen) atoms. The van der Waals surface area contributed by atoms with Gasteiger partial charge in [0.15, 0.2) is 11.5 Å². The second kappa shape index (κ2) is 6.78. The van der Waals surface area contributed by atoms with Crippen LogP contribution in [0.5, 0.6) is 17.2 Å². The maximum Gasteiger partial charge on any atom is 0.228 e. The lowest BCUT2D eigenvalue weighted by atomic mass is 10.1. The number of ether oxygens (including phenoxy) is 3. The lowest BCUT2D eigenvalue weighted by Gasteiger charge is -2.14. The molecule has 2 atom stereocenters. The molecular formula is C18H20N2O4. The van der Waals surface area contributed by atoms with Crippen LogP contribution in [0.15, 0.2) is 36.7 Å². The Kier molecular flexibility index (Phi) is 4.55. The van der Waals surface area contributed by atoms with Crippen molar-refractivity contribution in [2.75, 3.05) is 26.6 Å². The highest BCUT2D eigenvalue weighted by Crippen LogP contribution is 2.51. The highest BCUT2D eigenvalue weighted by atomic mass is 16.5. The lowest BCUT2D eigenvalue weighted by molar-refractivity contribution is -0.117. The Morgan fingerprint density at radius 3 is 2.42 bits per heavy atom. The number of hydrogen-bond acceptors (Lipinski definition) is 5. The van der Waals surface area contributed by atoms with Gasteiger partial charge in [0.25, 0.3) is 0 Å². The SMILES string of the molecule is COc1cc([C@H]2C[C@H]2C(=O)Nc2cccnc2)cc(OC)c1OC. The summed E-state index contributed by atoms with van der Waals surface area (Å²) in [5, 5.41) is 2.89. The molecule has 6 heteroatoms. The van der Waals surface area contributed by atoms with Crippen molar-refractivity contribution in [3.63, 3.8) is 0 Å². The summed E-state index contributed by atoms with van der Waals surface area (Å²) in [4.78, 5) is 16.4. The smallest absolute Gasteiger partial charge is 0.228 e. The van der Waals surface area contributed by atoms with E-state index < -0.39 is 0 Å². The topological polar surface area (TPSA) is 69.7 Å². The molecule has 1 aromatic heterocycles. The van der Waals surface area contributed by atoms with Gasteiger partial charge in [-0.15, -0.1) is 0 Å². The van der Waals surface area contributed by atoms with E-state index in [2.05, 4.69) is 10.3 Å². The maximum atomic E-state index is 12.4. The van der Waals surface area contributed by atoms with Crippen LogP contribution in [-0.4, -0.2) is 32.2 Å². The summed E-state index contributed by atoms with van der Waals surface area (Å²) in [6.07, 6.45) is 4.10. The molecule has 3 rings (SSSR count). The molecule has 0 radical (unpaired) electrons. The fourth-order valence-corrected chi connectivity index (χ4v) is 2.84. The van der Waals surface area contributed by atoms with E-state index in [9.17, 15) is 4.79 Å². The van der Waals surface area contributed by atoms with E-state index in [1.54, 1.807) is 39.8 Å². The van der Waals surface area contributed by atoms with Crippen molar-refractivity contribution < 1.29 is 19.0 Å². The summed E-state index contributed by atoms with van der Waals surface area (Å²) in [7, 11) is 4.74. The lowest BCUT2D eigenvalue weighted by Crippen LogP contribution is -2.14. The van der Waals surface area contributed by atoms with Crippen molar-refractivity contribution in [1.82, 2.24) is 4.98 Å². The number of hydrogen-bond donors (Lipinski definition) is 1. The average Bonchev–Trinajstić information content (AvgIpc) is 3.42. The number of pyridine rings is 1. The van der Waals surface area contributed by atoms with E-state index in [0.29, 0.717) is 22.9 Å². The molecule has 126 valence electrons. The van der Waals surface area contributed by atoms with Crippen LogP contribution in [0.2, 0.25) is 0 Å². The van der Waals surface area contributed by atoms with E-state index in [0.717, 1.165) is 12.0 Å². The minimum absolute atomic E-state index is 0.00162.